The van der Waals surface area contributed by atoms with Crippen LogP contribution < -0.4 is 10.1 Å². The van der Waals surface area contributed by atoms with Gasteiger partial charge in [-0.2, -0.15) is 0 Å². The second-order valence-corrected chi connectivity index (χ2v) is 6.36. The van der Waals surface area contributed by atoms with Crippen molar-refractivity contribution < 1.29 is 28.6 Å². The number of amides is 3. The third kappa shape index (κ3) is 4.85. The molecule has 1 heterocycles. The van der Waals surface area contributed by atoms with Gasteiger partial charge in [0.05, 0.1) is 13.2 Å². The summed E-state index contributed by atoms with van der Waals surface area (Å²) in [5.41, 5.74) is 0.764. The van der Waals surface area contributed by atoms with Gasteiger partial charge in [-0.15, -0.1) is 0 Å². The number of hydrogen-bond acceptors (Lipinski definition) is 6. The molecule has 1 saturated carbocycles. The molecule has 2 aliphatic rings. The van der Waals surface area contributed by atoms with Crippen LogP contribution in [0, 0.1) is 0 Å². The van der Waals surface area contributed by atoms with E-state index in [1.807, 2.05) is 0 Å². The standard InChI is InChI=1S/C19H22N2O6/c1-25-17(22)11-21-18(23)16(20-19(21)24)10-13-5-4-8-15(9-13)27-12-26-14-6-2-3-7-14/h4-5,8-10,14H,2-3,6-7,11-12H2,1H3,(H,20,24)/b16-10+. The fourth-order valence-electron chi connectivity index (χ4n) is 3.02. The number of imide groups is 1. The van der Waals surface area contributed by atoms with Crippen LogP contribution in [0.15, 0.2) is 30.0 Å². The van der Waals surface area contributed by atoms with Gasteiger partial charge in [0.2, 0.25) is 0 Å². The average Bonchev–Trinajstić information content (AvgIpc) is 3.26. The van der Waals surface area contributed by atoms with Crippen molar-refractivity contribution in [3.8, 4) is 5.75 Å². The first-order valence-electron chi connectivity index (χ1n) is 8.82. The summed E-state index contributed by atoms with van der Waals surface area (Å²) in [5.74, 6) is -0.649. The van der Waals surface area contributed by atoms with Gasteiger partial charge in [-0.1, -0.05) is 25.0 Å². The third-order valence-electron chi connectivity index (χ3n) is 4.48. The number of nitrogens with one attached hydrogen (secondary N) is 1. The van der Waals surface area contributed by atoms with Gasteiger partial charge in [0, 0.05) is 0 Å². The Hall–Kier alpha value is -2.87. The molecule has 1 aliphatic carbocycles. The van der Waals surface area contributed by atoms with Crippen LogP contribution in [0.4, 0.5) is 4.79 Å². The minimum Gasteiger partial charge on any atom is -0.468 e. The Kier molecular flexibility index (Phi) is 6.08. The molecule has 0 atom stereocenters. The molecule has 3 rings (SSSR count). The van der Waals surface area contributed by atoms with Gasteiger partial charge in [0.1, 0.15) is 18.0 Å². The first-order valence-corrected chi connectivity index (χ1v) is 8.82. The maximum absolute atomic E-state index is 12.3. The zero-order valence-corrected chi connectivity index (χ0v) is 15.1. The maximum Gasteiger partial charge on any atom is 0.329 e. The Balaban J connectivity index is 1.61. The highest BCUT2D eigenvalue weighted by atomic mass is 16.7. The van der Waals surface area contributed by atoms with Gasteiger partial charge in [-0.25, -0.2) is 9.69 Å². The molecule has 144 valence electrons. The summed E-state index contributed by atoms with van der Waals surface area (Å²) in [6.07, 6.45) is 6.32. The van der Waals surface area contributed by atoms with E-state index in [9.17, 15) is 14.4 Å². The number of benzene rings is 1. The molecular weight excluding hydrogens is 352 g/mol. The molecular formula is C19H22N2O6. The van der Waals surface area contributed by atoms with E-state index < -0.39 is 24.5 Å². The van der Waals surface area contributed by atoms with E-state index in [4.69, 9.17) is 9.47 Å². The topological polar surface area (TPSA) is 94.2 Å². The monoisotopic (exact) mass is 374 g/mol. The largest absolute Gasteiger partial charge is 0.468 e. The molecule has 1 aromatic rings. The number of ether oxygens (including phenoxy) is 3. The molecule has 1 saturated heterocycles. The van der Waals surface area contributed by atoms with Gasteiger partial charge in [0.15, 0.2) is 6.79 Å². The Morgan fingerprint density at radius 1 is 1.30 bits per heavy atom. The molecule has 1 aromatic carbocycles. The number of carbonyl (C=O) groups excluding carboxylic acids is 3. The summed E-state index contributed by atoms with van der Waals surface area (Å²) in [4.78, 5) is 36.3. The molecule has 8 nitrogen and oxygen atoms in total. The van der Waals surface area contributed by atoms with Gasteiger partial charge < -0.3 is 19.5 Å². The van der Waals surface area contributed by atoms with E-state index in [0.29, 0.717) is 11.3 Å². The minimum atomic E-state index is -0.669. The van der Waals surface area contributed by atoms with Crippen molar-refractivity contribution in [1.82, 2.24) is 10.2 Å². The number of esters is 1. The quantitative estimate of drug-likeness (QED) is 0.340. The van der Waals surface area contributed by atoms with Gasteiger partial charge in [-0.05, 0) is 36.6 Å². The van der Waals surface area contributed by atoms with Crippen LogP contribution in [-0.4, -0.2) is 49.4 Å². The molecule has 2 fully saturated rings. The Morgan fingerprint density at radius 2 is 2.07 bits per heavy atom. The molecule has 0 bridgehead atoms. The van der Waals surface area contributed by atoms with Crippen molar-refractivity contribution in [2.45, 2.75) is 31.8 Å². The number of nitrogens with zero attached hydrogens (tertiary/aromatic N) is 1. The van der Waals surface area contributed by atoms with Gasteiger partial charge in [-0.3, -0.25) is 9.59 Å². The predicted molar refractivity (Wildman–Crippen MR) is 95.5 cm³/mol. The highest BCUT2D eigenvalue weighted by molar-refractivity contribution is 6.15. The normalized spacial score (nSPS) is 18.9. The second-order valence-electron chi connectivity index (χ2n) is 6.36. The van der Waals surface area contributed by atoms with Gasteiger partial charge >= 0.3 is 12.0 Å². The number of methoxy groups -OCH3 is 1. The summed E-state index contributed by atoms with van der Waals surface area (Å²) in [6.45, 7) is -0.257. The van der Waals surface area contributed by atoms with Crippen LogP contribution in [-0.2, 0) is 19.1 Å². The Bertz CT molecular complexity index is 754. The highest BCUT2D eigenvalue weighted by Crippen LogP contribution is 2.22. The molecule has 0 aromatic heterocycles. The molecule has 1 aliphatic heterocycles. The van der Waals surface area contributed by atoms with Crippen molar-refractivity contribution in [3.63, 3.8) is 0 Å². The fourth-order valence-corrected chi connectivity index (χ4v) is 3.02. The number of rotatable bonds is 7. The molecule has 0 unspecified atom stereocenters. The lowest BCUT2D eigenvalue weighted by atomic mass is 10.2. The van der Waals surface area contributed by atoms with E-state index in [1.54, 1.807) is 24.3 Å². The molecule has 1 N–H and O–H groups in total. The average molecular weight is 374 g/mol. The van der Waals surface area contributed by atoms with Crippen molar-refractivity contribution >= 4 is 24.0 Å². The van der Waals surface area contributed by atoms with Crippen molar-refractivity contribution in [3.05, 3.63) is 35.5 Å². The minimum absolute atomic E-state index is 0.0864. The SMILES string of the molecule is COC(=O)CN1C(=O)N/C(=C/c2cccc(OCOC3CCCC3)c2)C1=O. The van der Waals surface area contributed by atoms with Crippen LogP contribution in [0.3, 0.4) is 0 Å². The van der Waals surface area contributed by atoms with E-state index in [0.717, 1.165) is 17.7 Å². The second kappa shape index (κ2) is 8.68. The van der Waals surface area contributed by atoms with Crippen LogP contribution >= 0.6 is 0 Å². The lowest BCUT2D eigenvalue weighted by molar-refractivity contribution is -0.143. The zero-order chi connectivity index (χ0) is 19.2. The van der Waals surface area contributed by atoms with Crippen molar-refractivity contribution in [2.75, 3.05) is 20.4 Å². The zero-order valence-electron chi connectivity index (χ0n) is 15.1. The van der Waals surface area contributed by atoms with Crippen LogP contribution in [0.25, 0.3) is 6.08 Å². The lowest BCUT2D eigenvalue weighted by Crippen LogP contribution is -2.36. The smallest absolute Gasteiger partial charge is 0.329 e. The summed E-state index contributed by atoms with van der Waals surface area (Å²) in [5, 5.41) is 2.46. The number of carbonyl (C=O) groups is 3. The summed E-state index contributed by atoms with van der Waals surface area (Å²) in [6, 6.07) is 6.44. The molecule has 8 heteroatoms. The highest BCUT2D eigenvalue weighted by Gasteiger charge is 2.35. The van der Waals surface area contributed by atoms with Crippen molar-refractivity contribution in [1.29, 1.82) is 0 Å². The lowest BCUT2D eigenvalue weighted by Gasteiger charge is -2.12. The van der Waals surface area contributed by atoms with Crippen molar-refractivity contribution in [2.24, 2.45) is 0 Å². The fraction of sp³-hybridized carbons (Fsp3) is 0.421. The number of hydrogen-bond donors (Lipinski definition) is 1. The van der Waals surface area contributed by atoms with Crippen LogP contribution in [0.5, 0.6) is 5.75 Å². The summed E-state index contributed by atoms with van der Waals surface area (Å²) in [7, 11) is 1.19. The van der Waals surface area contributed by atoms with Crippen LogP contribution in [0.1, 0.15) is 31.2 Å². The Labute approximate surface area is 157 Å². The first kappa shape index (κ1) is 18.9. The van der Waals surface area contributed by atoms with Crippen LogP contribution in [0.2, 0.25) is 0 Å². The first-order chi connectivity index (χ1) is 13.1. The summed E-state index contributed by atoms with van der Waals surface area (Å²) >= 11 is 0. The molecule has 0 radical (unpaired) electrons. The van der Waals surface area contributed by atoms with Gasteiger partial charge in [0.25, 0.3) is 5.91 Å². The van der Waals surface area contributed by atoms with E-state index in [1.165, 1.54) is 26.0 Å². The molecule has 27 heavy (non-hydrogen) atoms. The van der Waals surface area contributed by atoms with E-state index in [-0.39, 0.29) is 18.6 Å². The summed E-state index contributed by atoms with van der Waals surface area (Å²) < 4.78 is 15.8. The third-order valence-corrected chi connectivity index (χ3v) is 4.48. The van der Waals surface area contributed by atoms with E-state index >= 15 is 0 Å². The predicted octanol–water partition coefficient (Wildman–Crippen LogP) is 2.05. The molecule has 3 amide bonds. The van der Waals surface area contributed by atoms with E-state index in [2.05, 4.69) is 10.1 Å². The maximum atomic E-state index is 12.3. The Morgan fingerprint density at radius 3 is 2.81 bits per heavy atom. The molecule has 0 spiro atoms. The number of urea groups is 1.